The Bertz CT molecular complexity index is 227. The Kier molecular flexibility index (Phi) is 4.11. The summed E-state index contributed by atoms with van der Waals surface area (Å²) < 4.78 is 0. The molecule has 0 amide bonds. The van der Waals surface area contributed by atoms with E-state index in [1.807, 2.05) is 19.0 Å². The highest BCUT2D eigenvalue weighted by molar-refractivity contribution is 5.80. The second kappa shape index (κ2) is 4.94. The molecule has 1 aliphatic rings. The van der Waals surface area contributed by atoms with Crippen molar-refractivity contribution in [3.05, 3.63) is 0 Å². The zero-order valence-corrected chi connectivity index (χ0v) is 9.92. The summed E-state index contributed by atoms with van der Waals surface area (Å²) >= 11 is 0. The fourth-order valence-electron chi connectivity index (χ4n) is 2.07. The van der Waals surface area contributed by atoms with Crippen molar-refractivity contribution in [3.8, 4) is 0 Å². The summed E-state index contributed by atoms with van der Waals surface area (Å²) in [6.45, 7) is 3.41. The van der Waals surface area contributed by atoms with Crippen LogP contribution >= 0.6 is 0 Å². The van der Waals surface area contributed by atoms with Gasteiger partial charge in [-0.3, -0.25) is 4.79 Å². The van der Waals surface area contributed by atoms with Gasteiger partial charge in [0.1, 0.15) is 5.54 Å². The monoisotopic (exact) mass is 214 g/mol. The van der Waals surface area contributed by atoms with Crippen LogP contribution in [0.15, 0.2) is 0 Å². The molecule has 1 fully saturated rings. The van der Waals surface area contributed by atoms with Crippen molar-refractivity contribution in [2.45, 2.75) is 31.7 Å². The Morgan fingerprint density at radius 2 is 2.13 bits per heavy atom. The highest BCUT2D eigenvalue weighted by Crippen LogP contribution is 2.40. The largest absolute Gasteiger partial charge is 0.480 e. The van der Waals surface area contributed by atoms with Gasteiger partial charge < -0.3 is 15.3 Å². The van der Waals surface area contributed by atoms with Crippen LogP contribution in [0, 0.1) is 5.92 Å². The zero-order chi connectivity index (χ0) is 11.5. The molecule has 1 atom stereocenters. The molecule has 0 radical (unpaired) electrons. The number of likely N-dealkylation sites (N-methyl/N-ethyl adjacent to an activating group) is 1. The molecule has 0 spiro atoms. The third-order valence-corrected chi connectivity index (χ3v) is 2.91. The van der Waals surface area contributed by atoms with E-state index >= 15 is 0 Å². The normalized spacial score (nSPS) is 20.3. The van der Waals surface area contributed by atoms with E-state index in [2.05, 4.69) is 12.2 Å². The molecule has 0 heterocycles. The third-order valence-electron chi connectivity index (χ3n) is 2.91. The summed E-state index contributed by atoms with van der Waals surface area (Å²) in [6.07, 6.45) is 3.04. The van der Waals surface area contributed by atoms with Crippen molar-refractivity contribution in [3.63, 3.8) is 0 Å². The van der Waals surface area contributed by atoms with Crippen LogP contribution < -0.4 is 5.32 Å². The molecule has 0 aliphatic heterocycles. The Balaban J connectivity index is 2.73. The summed E-state index contributed by atoms with van der Waals surface area (Å²) in [5, 5.41) is 12.7. The maximum absolute atomic E-state index is 11.5. The fraction of sp³-hybridized carbons (Fsp3) is 0.909. The van der Waals surface area contributed by atoms with Crippen molar-refractivity contribution in [2.24, 2.45) is 5.92 Å². The molecule has 0 aromatic heterocycles. The SMILES string of the molecule is CCCNC(CN(C)C)(C(=O)O)C1CC1. The number of rotatable bonds is 7. The van der Waals surface area contributed by atoms with Crippen molar-refractivity contribution < 1.29 is 9.90 Å². The van der Waals surface area contributed by atoms with Crippen LogP contribution in [0.25, 0.3) is 0 Å². The molecule has 88 valence electrons. The number of aliphatic carboxylic acids is 1. The van der Waals surface area contributed by atoms with E-state index in [1.165, 1.54) is 0 Å². The average Bonchev–Trinajstić information content (AvgIpc) is 2.94. The number of carboxylic acid groups (broad SMARTS) is 1. The Morgan fingerprint density at radius 1 is 1.53 bits per heavy atom. The lowest BCUT2D eigenvalue weighted by atomic mass is 9.92. The van der Waals surface area contributed by atoms with E-state index in [0.717, 1.165) is 25.8 Å². The molecule has 1 saturated carbocycles. The maximum Gasteiger partial charge on any atom is 0.325 e. The molecule has 2 N–H and O–H groups in total. The first-order valence-corrected chi connectivity index (χ1v) is 5.66. The van der Waals surface area contributed by atoms with E-state index in [4.69, 9.17) is 0 Å². The van der Waals surface area contributed by atoms with Crippen molar-refractivity contribution >= 4 is 5.97 Å². The molecule has 0 aromatic carbocycles. The van der Waals surface area contributed by atoms with Gasteiger partial charge in [-0.2, -0.15) is 0 Å². The molecular weight excluding hydrogens is 192 g/mol. The molecule has 15 heavy (non-hydrogen) atoms. The van der Waals surface area contributed by atoms with Crippen molar-refractivity contribution in [2.75, 3.05) is 27.2 Å². The molecule has 4 heteroatoms. The highest BCUT2D eigenvalue weighted by Gasteiger charge is 2.50. The zero-order valence-electron chi connectivity index (χ0n) is 9.92. The molecule has 1 aliphatic carbocycles. The summed E-state index contributed by atoms with van der Waals surface area (Å²) in [6, 6.07) is 0. The lowest BCUT2D eigenvalue weighted by Crippen LogP contribution is -2.60. The van der Waals surface area contributed by atoms with Crippen LogP contribution in [0.3, 0.4) is 0 Å². The average molecular weight is 214 g/mol. The first-order valence-electron chi connectivity index (χ1n) is 5.66. The second-order valence-electron chi connectivity index (χ2n) is 4.72. The molecule has 0 aromatic rings. The molecule has 4 nitrogen and oxygen atoms in total. The molecular formula is C11H22N2O2. The number of hydrogen-bond donors (Lipinski definition) is 2. The Morgan fingerprint density at radius 3 is 2.47 bits per heavy atom. The lowest BCUT2D eigenvalue weighted by Gasteiger charge is -2.33. The van der Waals surface area contributed by atoms with Gasteiger partial charge in [0.2, 0.25) is 0 Å². The van der Waals surface area contributed by atoms with Crippen LogP contribution in [0.2, 0.25) is 0 Å². The maximum atomic E-state index is 11.5. The number of hydrogen-bond acceptors (Lipinski definition) is 3. The summed E-state index contributed by atoms with van der Waals surface area (Å²) in [7, 11) is 3.85. The minimum Gasteiger partial charge on any atom is -0.480 e. The summed E-state index contributed by atoms with van der Waals surface area (Å²) in [5.74, 6) is -0.393. The minimum atomic E-state index is -0.723. The van der Waals surface area contributed by atoms with Gasteiger partial charge in [-0.05, 0) is 45.8 Å². The summed E-state index contributed by atoms with van der Waals surface area (Å²) in [5.41, 5.74) is -0.723. The van der Waals surface area contributed by atoms with Gasteiger partial charge in [0.15, 0.2) is 0 Å². The third kappa shape index (κ3) is 2.92. The van der Waals surface area contributed by atoms with Gasteiger partial charge in [0.05, 0.1) is 0 Å². The van der Waals surface area contributed by atoms with Crippen LogP contribution in [-0.2, 0) is 4.79 Å². The first-order chi connectivity index (χ1) is 7.03. The number of carboxylic acids is 1. The predicted octanol–water partition coefficient (Wildman–Crippen LogP) is 0.781. The molecule has 0 bridgehead atoms. The van der Waals surface area contributed by atoms with E-state index in [9.17, 15) is 9.90 Å². The van der Waals surface area contributed by atoms with Crippen LogP contribution in [0.4, 0.5) is 0 Å². The second-order valence-corrected chi connectivity index (χ2v) is 4.72. The van der Waals surface area contributed by atoms with Crippen molar-refractivity contribution in [1.29, 1.82) is 0 Å². The van der Waals surface area contributed by atoms with E-state index in [0.29, 0.717) is 12.5 Å². The van der Waals surface area contributed by atoms with E-state index in [1.54, 1.807) is 0 Å². The molecule has 1 unspecified atom stereocenters. The standard InChI is InChI=1S/C11H22N2O2/c1-4-7-12-11(10(14)15,8-13(2)3)9-5-6-9/h9,12H,4-8H2,1-3H3,(H,14,15). The van der Waals surface area contributed by atoms with Gasteiger partial charge >= 0.3 is 5.97 Å². The Hall–Kier alpha value is -0.610. The first kappa shape index (κ1) is 12.5. The van der Waals surface area contributed by atoms with Gasteiger partial charge in [-0.25, -0.2) is 0 Å². The smallest absolute Gasteiger partial charge is 0.325 e. The number of nitrogens with one attached hydrogen (secondary N) is 1. The number of carbonyl (C=O) groups is 1. The lowest BCUT2D eigenvalue weighted by molar-refractivity contribution is -0.146. The topological polar surface area (TPSA) is 52.6 Å². The fourth-order valence-corrected chi connectivity index (χ4v) is 2.07. The van der Waals surface area contributed by atoms with Crippen molar-refractivity contribution in [1.82, 2.24) is 10.2 Å². The van der Waals surface area contributed by atoms with Crippen LogP contribution in [-0.4, -0.2) is 48.7 Å². The minimum absolute atomic E-state index is 0.309. The van der Waals surface area contributed by atoms with Crippen LogP contribution in [0.5, 0.6) is 0 Å². The summed E-state index contributed by atoms with van der Waals surface area (Å²) in [4.78, 5) is 13.4. The van der Waals surface area contributed by atoms with Crippen LogP contribution in [0.1, 0.15) is 26.2 Å². The predicted molar refractivity (Wildman–Crippen MR) is 59.9 cm³/mol. The molecule has 0 saturated heterocycles. The van der Waals surface area contributed by atoms with Gasteiger partial charge in [-0.15, -0.1) is 0 Å². The number of nitrogens with zero attached hydrogens (tertiary/aromatic N) is 1. The van der Waals surface area contributed by atoms with Gasteiger partial charge in [0, 0.05) is 6.54 Å². The van der Waals surface area contributed by atoms with Gasteiger partial charge in [0.25, 0.3) is 0 Å². The quantitative estimate of drug-likeness (QED) is 0.657. The van der Waals surface area contributed by atoms with Gasteiger partial charge in [-0.1, -0.05) is 6.92 Å². The molecule has 1 rings (SSSR count). The van der Waals surface area contributed by atoms with E-state index in [-0.39, 0.29) is 0 Å². The Labute approximate surface area is 91.6 Å². The van der Waals surface area contributed by atoms with E-state index < -0.39 is 11.5 Å². The highest BCUT2D eigenvalue weighted by atomic mass is 16.4.